The summed E-state index contributed by atoms with van der Waals surface area (Å²) >= 11 is 0. The summed E-state index contributed by atoms with van der Waals surface area (Å²) in [5, 5.41) is 2.74. The normalized spacial score (nSPS) is 10.3. The summed E-state index contributed by atoms with van der Waals surface area (Å²) < 4.78 is 13.2. The van der Waals surface area contributed by atoms with Crippen molar-refractivity contribution in [3.8, 4) is 0 Å². The van der Waals surface area contributed by atoms with Crippen molar-refractivity contribution in [1.82, 2.24) is 0 Å². The summed E-state index contributed by atoms with van der Waals surface area (Å²) in [4.78, 5) is 12.1. The van der Waals surface area contributed by atoms with Crippen molar-refractivity contribution < 1.29 is 9.18 Å². The molecule has 0 atom stereocenters. The van der Waals surface area contributed by atoms with Gasteiger partial charge in [0.15, 0.2) is 0 Å². The summed E-state index contributed by atoms with van der Waals surface area (Å²) in [5.41, 5.74) is 3.98. The molecule has 0 bridgehead atoms. The van der Waals surface area contributed by atoms with E-state index in [1.165, 1.54) is 12.1 Å². The predicted octanol–water partition coefficient (Wildman–Crippen LogP) is 4.00. The van der Waals surface area contributed by atoms with Crippen LogP contribution in [0.15, 0.2) is 36.4 Å². The molecule has 1 amide bonds. The van der Waals surface area contributed by atoms with Crippen LogP contribution >= 0.6 is 0 Å². The molecule has 2 nitrogen and oxygen atoms in total. The van der Waals surface area contributed by atoms with Crippen molar-refractivity contribution in [1.29, 1.82) is 0 Å². The molecule has 0 saturated carbocycles. The van der Waals surface area contributed by atoms with Crippen molar-refractivity contribution >= 4 is 11.6 Å². The number of hydrogen-bond donors (Lipinski definition) is 1. The fourth-order valence-electron chi connectivity index (χ4n) is 2.03. The summed E-state index contributed by atoms with van der Waals surface area (Å²) in [6.45, 7) is 5.71. The van der Waals surface area contributed by atoms with E-state index in [9.17, 15) is 9.18 Å². The van der Waals surface area contributed by atoms with Crippen LogP contribution < -0.4 is 5.32 Å². The lowest BCUT2D eigenvalue weighted by Gasteiger charge is -2.09. The van der Waals surface area contributed by atoms with Gasteiger partial charge in [0, 0.05) is 11.3 Å². The van der Waals surface area contributed by atoms with E-state index in [1.807, 2.05) is 39.0 Å². The van der Waals surface area contributed by atoms with Crippen LogP contribution in [0.3, 0.4) is 0 Å². The Morgan fingerprint density at radius 1 is 1.00 bits per heavy atom. The Balaban J connectivity index is 2.28. The lowest BCUT2D eigenvalue weighted by Crippen LogP contribution is -2.13. The minimum atomic E-state index is -0.360. The zero-order valence-electron chi connectivity index (χ0n) is 11.3. The molecule has 2 aromatic carbocycles. The van der Waals surface area contributed by atoms with Crippen LogP contribution in [0.5, 0.6) is 0 Å². The monoisotopic (exact) mass is 257 g/mol. The fraction of sp³-hybridized carbons (Fsp3) is 0.188. The van der Waals surface area contributed by atoms with E-state index in [2.05, 4.69) is 5.32 Å². The van der Waals surface area contributed by atoms with Crippen molar-refractivity contribution in [2.24, 2.45) is 0 Å². The van der Waals surface area contributed by atoms with Crippen LogP contribution in [-0.2, 0) is 0 Å². The van der Waals surface area contributed by atoms with Crippen molar-refractivity contribution in [2.75, 3.05) is 5.32 Å². The Morgan fingerprint density at radius 2 is 1.63 bits per heavy atom. The number of nitrogens with one attached hydrogen (secondary N) is 1. The number of aryl methyl sites for hydroxylation is 3. The Labute approximate surface area is 112 Å². The highest BCUT2D eigenvalue weighted by Gasteiger charge is 2.09. The van der Waals surface area contributed by atoms with E-state index in [0.29, 0.717) is 11.3 Å². The maximum Gasteiger partial charge on any atom is 0.255 e. The predicted molar refractivity (Wildman–Crippen MR) is 75.0 cm³/mol. The zero-order valence-corrected chi connectivity index (χ0v) is 11.3. The van der Waals surface area contributed by atoms with Gasteiger partial charge < -0.3 is 5.32 Å². The van der Waals surface area contributed by atoms with Gasteiger partial charge in [-0.05, 0) is 50.6 Å². The first-order chi connectivity index (χ1) is 8.95. The molecule has 0 aliphatic rings. The topological polar surface area (TPSA) is 29.1 Å². The van der Waals surface area contributed by atoms with E-state index in [1.54, 1.807) is 6.07 Å². The van der Waals surface area contributed by atoms with E-state index in [4.69, 9.17) is 0 Å². The Morgan fingerprint density at radius 3 is 2.26 bits per heavy atom. The smallest absolute Gasteiger partial charge is 0.255 e. The maximum absolute atomic E-state index is 13.2. The largest absolute Gasteiger partial charge is 0.322 e. The van der Waals surface area contributed by atoms with Crippen LogP contribution in [0, 0.1) is 26.6 Å². The van der Waals surface area contributed by atoms with Crippen LogP contribution in [0.1, 0.15) is 27.0 Å². The zero-order chi connectivity index (χ0) is 14.0. The van der Waals surface area contributed by atoms with E-state index >= 15 is 0 Å². The van der Waals surface area contributed by atoms with E-state index < -0.39 is 0 Å². The highest BCUT2D eigenvalue weighted by Crippen LogP contribution is 2.18. The molecule has 19 heavy (non-hydrogen) atoms. The van der Waals surface area contributed by atoms with Crippen LogP contribution in [0.4, 0.5) is 10.1 Å². The molecular formula is C16H16FNO. The van der Waals surface area contributed by atoms with Gasteiger partial charge >= 0.3 is 0 Å². The van der Waals surface area contributed by atoms with Crippen LogP contribution in [-0.4, -0.2) is 5.91 Å². The quantitative estimate of drug-likeness (QED) is 0.865. The average molecular weight is 257 g/mol. The minimum Gasteiger partial charge on any atom is -0.322 e. The van der Waals surface area contributed by atoms with Crippen molar-refractivity contribution in [3.63, 3.8) is 0 Å². The minimum absolute atomic E-state index is 0.222. The second kappa shape index (κ2) is 5.22. The van der Waals surface area contributed by atoms with Gasteiger partial charge in [-0.1, -0.05) is 23.3 Å². The first-order valence-corrected chi connectivity index (χ1v) is 6.11. The molecule has 1 N–H and O–H groups in total. The first kappa shape index (κ1) is 13.3. The van der Waals surface area contributed by atoms with Gasteiger partial charge in [0.2, 0.25) is 0 Å². The number of amides is 1. The molecule has 0 fully saturated rings. The Kier molecular flexibility index (Phi) is 3.65. The molecule has 0 aliphatic carbocycles. The third-order valence-corrected chi connectivity index (χ3v) is 2.93. The number of benzene rings is 2. The lowest BCUT2D eigenvalue weighted by molar-refractivity contribution is 0.102. The SMILES string of the molecule is Cc1cc(C)cc(C(=O)Nc2cc(F)ccc2C)c1. The second-order valence-corrected chi connectivity index (χ2v) is 4.79. The molecule has 0 aromatic heterocycles. The van der Waals surface area contributed by atoms with Crippen LogP contribution in [0.25, 0.3) is 0 Å². The van der Waals surface area contributed by atoms with Gasteiger partial charge in [0.25, 0.3) is 5.91 Å². The Hall–Kier alpha value is -2.16. The average Bonchev–Trinajstić information content (AvgIpc) is 2.32. The maximum atomic E-state index is 13.2. The standard InChI is InChI=1S/C16H16FNO/c1-10-6-11(2)8-13(7-10)16(19)18-15-9-14(17)5-4-12(15)3/h4-9H,1-3H3,(H,18,19). The third kappa shape index (κ3) is 3.19. The summed E-state index contributed by atoms with van der Waals surface area (Å²) in [6, 6.07) is 9.99. The molecule has 2 aromatic rings. The van der Waals surface area contributed by atoms with Gasteiger partial charge in [0.05, 0.1) is 0 Å². The van der Waals surface area contributed by atoms with Gasteiger partial charge in [0.1, 0.15) is 5.82 Å². The molecule has 0 aliphatic heterocycles. The first-order valence-electron chi connectivity index (χ1n) is 6.11. The molecule has 0 heterocycles. The fourth-order valence-corrected chi connectivity index (χ4v) is 2.03. The summed E-state index contributed by atoms with van der Waals surface area (Å²) in [7, 11) is 0. The lowest BCUT2D eigenvalue weighted by atomic mass is 10.1. The number of halogens is 1. The summed E-state index contributed by atoms with van der Waals surface area (Å²) in [6.07, 6.45) is 0. The van der Waals surface area contributed by atoms with Crippen molar-refractivity contribution in [3.05, 3.63) is 64.5 Å². The van der Waals surface area contributed by atoms with E-state index in [0.717, 1.165) is 16.7 Å². The van der Waals surface area contributed by atoms with Crippen LogP contribution in [0.2, 0.25) is 0 Å². The molecule has 0 radical (unpaired) electrons. The third-order valence-electron chi connectivity index (χ3n) is 2.93. The molecule has 2 rings (SSSR count). The number of hydrogen-bond acceptors (Lipinski definition) is 1. The number of carbonyl (C=O) groups excluding carboxylic acids is 1. The number of rotatable bonds is 2. The second-order valence-electron chi connectivity index (χ2n) is 4.79. The number of carbonyl (C=O) groups is 1. The van der Waals surface area contributed by atoms with Gasteiger partial charge in [-0.15, -0.1) is 0 Å². The summed E-state index contributed by atoms with van der Waals surface area (Å²) in [5.74, 6) is -0.582. The molecule has 0 saturated heterocycles. The van der Waals surface area contributed by atoms with E-state index in [-0.39, 0.29) is 11.7 Å². The molecular weight excluding hydrogens is 241 g/mol. The van der Waals surface area contributed by atoms with Crippen molar-refractivity contribution in [2.45, 2.75) is 20.8 Å². The van der Waals surface area contributed by atoms with Gasteiger partial charge in [-0.25, -0.2) is 4.39 Å². The highest BCUT2D eigenvalue weighted by molar-refractivity contribution is 6.04. The molecule has 3 heteroatoms. The highest BCUT2D eigenvalue weighted by atomic mass is 19.1. The molecule has 0 spiro atoms. The molecule has 98 valence electrons. The van der Waals surface area contributed by atoms with Gasteiger partial charge in [-0.2, -0.15) is 0 Å². The number of anilines is 1. The molecule has 0 unspecified atom stereocenters. The van der Waals surface area contributed by atoms with Gasteiger partial charge in [-0.3, -0.25) is 4.79 Å². The Bertz CT molecular complexity index is 614.